The molecule has 0 N–H and O–H groups in total. The van der Waals surface area contributed by atoms with Crippen LogP contribution >= 0.6 is 0 Å². The Morgan fingerprint density at radius 1 is 1.32 bits per heavy atom. The Labute approximate surface area is 119 Å². The average Bonchev–Trinajstić information content (AvgIpc) is 2.40. The molecule has 0 spiro atoms. The number of amidine groups is 1. The van der Waals surface area contributed by atoms with Crippen LogP contribution in [0.15, 0.2) is 29.3 Å². The zero-order valence-corrected chi connectivity index (χ0v) is 12.4. The van der Waals surface area contributed by atoms with E-state index in [9.17, 15) is 14.9 Å². The van der Waals surface area contributed by atoms with Crippen molar-refractivity contribution in [1.82, 2.24) is 4.90 Å². The van der Waals surface area contributed by atoms with Crippen molar-refractivity contribution in [2.75, 3.05) is 13.1 Å². The Hall–Kier alpha value is -1.72. The number of carbonyl (C=O) groups excluding carboxylic acids is 1. The fraction of sp³-hybridized carbons (Fsp3) is 0.333. The summed E-state index contributed by atoms with van der Waals surface area (Å²) in [7, 11) is 0. The molecule has 0 unspecified atom stereocenters. The van der Waals surface area contributed by atoms with E-state index in [-0.39, 0.29) is 5.69 Å². The van der Waals surface area contributed by atoms with Crippen LogP contribution in [0.5, 0.6) is 0 Å². The van der Waals surface area contributed by atoms with Crippen molar-refractivity contribution in [3.05, 3.63) is 39.9 Å². The molecular formula is C12H14N3O3Se. The summed E-state index contributed by atoms with van der Waals surface area (Å²) in [4.78, 5) is 27.7. The Morgan fingerprint density at radius 3 is 2.26 bits per heavy atom. The van der Waals surface area contributed by atoms with Gasteiger partial charge in [0, 0.05) is 0 Å². The fourth-order valence-electron chi connectivity index (χ4n) is 1.44. The molecule has 1 radical (unpaired) electrons. The number of nitrogens with zero attached hydrogens (tertiary/aromatic N) is 3. The molecule has 0 aliphatic rings. The van der Waals surface area contributed by atoms with Crippen LogP contribution < -0.4 is 0 Å². The van der Waals surface area contributed by atoms with Gasteiger partial charge in [-0.15, -0.1) is 0 Å². The Balaban J connectivity index is 2.89. The number of rotatable bonds is 4. The van der Waals surface area contributed by atoms with Gasteiger partial charge < -0.3 is 0 Å². The van der Waals surface area contributed by atoms with E-state index in [0.717, 1.165) is 13.1 Å². The number of non-ortho nitro benzene ring substituents is 1. The summed E-state index contributed by atoms with van der Waals surface area (Å²) >= 11 is 2.76. The maximum atomic E-state index is 11.9. The predicted octanol–water partition coefficient (Wildman–Crippen LogP) is 1.60. The quantitative estimate of drug-likeness (QED) is 0.277. The summed E-state index contributed by atoms with van der Waals surface area (Å²) in [6.45, 7) is 5.42. The molecule has 1 aromatic carbocycles. The van der Waals surface area contributed by atoms with Crippen molar-refractivity contribution in [1.29, 1.82) is 0 Å². The van der Waals surface area contributed by atoms with Gasteiger partial charge in [-0.2, -0.15) is 0 Å². The van der Waals surface area contributed by atoms with E-state index in [1.807, 2.05) is 18.7 Å². The fourth-order valence-corrected chi connectivity index (χ4v) is 2.16. The van der Waals surface area contributed by atoms with E-state index >= 15 is 0 Å². The van der Waals surface area contributed by atoms with Gasteiger partial charge in [0.05, 0.1) is 0 Å². The van der Waals surface area contributed by atoms with Crippen molar-refractivity contribution < 1.29 is 9.72 Å². The second-order valence-corrected chi connectivity index (χ2v) is 4.44. The monoisotopic (exact) mass is 328 g/mol. The van der Waals surface area contributed by atoms with Gasteiger partial charge in [-0.1, -0.05) is 0 Å². The van der Waals surface area contributed by atoms with Gasteiger partial charge in [0.25, 0.3) is 0 Å². The molecule has 101 valence electrons. The number of aliphatic imine (C=N–C) groups is 1. The summed E-state index contributed by atoms with van der Waals surface area (Å²) in [5, 5.41) is 10.5. The molecule has 0 aliphatic carbocycles. The first-order valence-corrected chi connectivity index (χ1v) is 6.64. The third kappa shape index (κ3) is 4.15. The molecule has 1 aromatic rings. The average molecular weight is 327 g/mol. The van der Waals surface area contributed by atoms with Crippen LogP contribution in [-0.2, 0) is 0 Å². The molecule has 7 heteroatoms. The Bertz CT molecular complexity index is 495. The zero-order chi connectivity index (χ0) is 14.4. The van der Waals surface area contributed by atoms with Crippen LogP contribution in [0.4, 0.5) is 5.69 Å². The molecule has 1 rings (SSSR count). The van der Waals surface area contributed by atoms with Gasteiger partial charge in [-0.25, -0.2) is 0 Å². The number of nitro groups is 1. The van der Waals surface area contributed by atoms with Crippen LogP contribution in [0.2, 0.25) is 0 Å². The molecule has 0 saturated carbocycles. The van der Waals surface area contributed by atoms with Crippen molar-refractivity contribution >= 4 is 32.3 Å². The van der Waals surface area contributed by atoms with Gasteiger partial charge in [-0.05, 0) is 0 Å². The van der Waals surface area contributed by atoms with Crippen LogP contribution in [-0.4, -0.2) is 49.6 Å². The first-order valence-electron chi connectivity index (χ1n) is 5.79. The minimum atomic E-state index is -0.507. The Kier molecular flexibility index (Phi) is 5.66. The van der Waals surface area contributed by atoms with E-state index < -0.39 is 10.8 Å². The summed E-state index contributed by atoms with van der Waals surface area (Å²) in [5.41, 5.74) is 0.276. The zero-order valence-electron chi connectivity index (χ0n) is 10.7. The third-order valence-corrected chi connectivity index (χ3v) is 3.29. The van der Waals surface area contributed by atoms with Gasteiger partial charge in [0.1, 0.15) is 0 Å². The molecule has 0 bridgehead atoms. The first-order chi connectivity index (χ1) is 8.99. The Morgan fingerprint density at radius 2 is 1.84 bits per heavy atom. The van der Waals surface area contributed by atoms with Crippen molar-refractivity contribution in [3.8, 4) is 0 Å². The van der Waals surface area contributed by atoms with Crippen molar-refractivity contribution in [3.63, 3.8) is 0 Å². The molecule has 0 saturated heterocycles. The molecule has 0 heterocycles. The second kappa shape index (κ2) is 7.01. The van der Waals surface area contributed by atoms with E-state index in [1.54, 1.807) is 0 Å². The topological polar surface area (TPSA) is 75.8 Å². The van der Waals surface area contributed by atoms with Crippen molar-refractivity contribution in [2.24, 2.45) is 4.99 Å². The van der Waals surface area contributed by atoms with Crippen LogP contribution in [0.1, 0.15) is 24.2 Å². The summed E-state index contributed by atoms with van der Waals surface area (Å²) in [5.74, 6) is -0.421. The molecular weight excluding hydrogens is 313 g/mol. The summed E-state index contributed by atoms with van der Waals surface area (Å²) < 4.78 is 0.522. The number of benzene rings is 1. The second-order valence-electron chi connectivity index (χ2n) is 3.68. The maximum absolute atomic E-state index is 11.9. The number of carbonyl (C=O) groups is 1. The van der Waals surface area contributed by atoms with E-state index in [0.29, 0.717) is 10.3 Å². The van der Waals surface area contributed by atoms with Crippen LogP contribution in [0, 0.1) is 10.1 Å². The van der Waals surface area contributed by atoms with E-state index in [4.69, 9.17) is 0 Å². The van der Waals surface area contributed by atoms with Gasteiger partial charge in [-0.3, -0.25) is 0 Å². The predicted molar refractivity (Wildman–Crippen MR) is 73.5 cm³/mol. The molecule has 1 amide bonds. The van der Waals surface area contributed by atoms with Crippen LogP contribution in [0.3, 0.4) is 0 Å². The molecule has 19 heavy (non-hydrogen) atoms. The van der Waals surface area contributed by atoms with E-state index in [1.165, 1.54) is 24.3 Å². The molecule has 6 nitrogen and oxygen atoms in total. The molecule has 0 atom stereocenters. The van der Waals surface area contributed by atoms with Gasteiger partial charge >= 0.3 is 119 Å². The number of hydrogen-bond acceptors (Lipinski definition) is 3. The summed E-state index contributed by atoms with van der Waals surface area (Å²) in [6, 6.07) is 5.39. The molecule has 0 aromatic heterocycles. The standard InChI is InChI=1S/C12H14N3O3Se/c1-3-14(4-2)12(19)13-11(16)9-5-7-10(8-6-9)15(17)18/h5-8H,3-4H2,1-2H3. The molecule has 0 fully saturated rings. The first kappa shape index (κ1) is 15.3. The van der Waals surface area contributed by atoms with Gasteiger partial charge in [0.15, 0.2) is 0 Å². The normalized spacial score (nSPS) is 11.2. The third-order valence-electron chi connectivity index (χ3n) is 2.56. The SMILES string of the molecule is CCN(CC)C([Se])=NC(=O)c1ccc([N+](=O)[O-])cc1. The number of nitro benzene ring substituents is 1. The molecule has 0 aliphatic heterocycles. The van der Waals surface area contributed by atoms with E-state index in [2.05, 4.69) is 21.0 Å². The van der Waals surface area contributed by atoms with Gasteiger partial charge in [0.2, 0.25) is 0 Å². The van der Waals surface area contributed by atoms with Crippen molar-refractivity contribution in [2.45, 2.75) is 13.8 Å². The summed E-state index contributed by atoms with van der Waals surface area (Å²) in [6.07, 6.45) is 0. The number of hydrogen-bond donors (Lipinski definition) is 0. The minimum absolute atomic E-state index is 0.0486. The number of amides is 1. The van der Waals surface area contributed by atoms with Crippen LogP contribution in [0.25, 0.3) is 0 Å².